The molecule has 4 N–H and O–H groups in total. The number of nitrogens with one attached hydrogen (secondary N) is 2. The minimum atomic E-state index is -0.497. The molecule has 0 saturated heterocycles. The highest BCUT2D eigenvalue weighted by Crippen LogP contribution is 2.07. The predicted molar refractivity (Wildman–Crippen MR) is 70.1 cm³/mol. The molecule has 0 unspecified atom stereocenters. The third-order valence-corrected chi connectivity index (χ3v) is 2.01. The summed E-state index contributed by atoms with van der Waals surface area (Å²) < 4.78 is 5.08. The fourth-order valence-electron chi connectivity index (χ4n) is 1.38. The maximum Gasteiger partial charge on any atom is 0.407 e. The van der Waals surface area contributed by atoms with Crippen LogP contribution in [0.4, 0.5) is 4.79 Å². The Kier molecular flexibility index (Phi) is 6.11. The maximum absolute atomic E-state index is 11.3. The largest absolute Gasteiger partial charge is 0.444 e. The number of hydrogen-bond donors (Lipinski definition) is 3. The summed E-state index contributed by atoms with van der Waals surface area (Å²) in [5, 5.41) is 5.76. The second-order valence-corrected chi connectivity index (χ2v) is 5.88. The summed E-state index contributed by atoms with van der Waals surface area (Å²) in [6.45, 7) is 10.1. The van der Waals surface area contributed by atoms with Crippen LogP contribution in [-0.4, -0.2) is 36.2 Å². The van der Waals surface area contributed by atoms with E-state index in [-0.39, 0.29) is 17.9 Å². The first-order chi connectivity index (χ1) is 8.02. The van der Waals surface area contributed by atoms with Crippen molar-refractivity contribution in [2.45, 2.75) is 52.2 Å². The Morgan fingerprint density at radius 3 is 2.11 bits per heavy atom. The van der Waals surface area contributed by atoms with Gasteiger partial charge in [-0.2, -0.15) is 0 Å². The first kappa shape index (κ1) is 16.7. The fourth-order valence-corrected chi connectivity index (χ4v) is 1.38. The van der Waals surface area contributed by atoms with E-state index in [4.69, 9.17) is 10.5 Å². The van der Waals surface area contributed by atoms with E-state index in [1.54, 1.807) is 20.8 Å². The highest BCUT2D eigenvalue weighted by atomic mass is 16.6. The van der Waals surface area contributed by atoms with Crippen LogP contribution in [0, 0.1) is 0 Å². The van der Waals surface area contributed by atoms with Crippen LogP contribution in [0.5, 0.6) is 0 Å². The van der Waals surface area contributed by atoms with Crippen molar-refractivity contribution >= 4 is 12.0 Å². The molecule has 0 aliphatic rings. The van der Waals surface area contributed by atoms with Crippen molar-refractivity contribution in [1.29, 1.82) is 0 Å². The molecular weight excluding hydrogens is 234 g/mol. The zero-order chi connectivity index (χ0) is 14.4. The topological polar surface area (TPSA) is 93.5 Å². The molecule has 0 aromatic heterocycles. The molecule has 0 bridgehead atoms. The zero-order valence-electron chi connectivity index (χ0n) is 11.9. The highest BCUT2D eigenvalue weighted by molar-refractivity contribution is 5.75. The van der Waals surface area contributed by atoms with Gasteiger partial charge in [0.1, 0.15) is 5.60 Å². The Balaban J connectivity index is 3.80. The number of alkyl carbamates (subject to hydrolysis) is 1. The average Bonchev–Trinajstić information content (AvgIpc) is 2.07. The van der Waals surface area contributed by atoms with E-state index in [2.05, 4.69) is 10.6 Å². The molecule has 0 aromatic carbocycles. The number of rotatable bonds is 6. The van der Waals surface area contributed by atoms with Gasteiger partial charge < -0.3 is 21.1 Å². The van der Waals surface area contributed by atoms with Gasteiger partial charge in [0, 0.05) is 25.0 Å². The van der Waals surface area contributed by atoms with Crippen LogP contribution in [-0.2, 0) is 9.53 Å². The van der Waals surface area contributed by atoms with E-state index in [1.807, 2.05) is 13.8 Å². The molecule has 6 nitrogen and oxygen atoms in total. The average molecular weight is 259 g/mol. The predicted octanol–water partition coefficient (Wildman–Crippen LogP) is 0.755. The van der Waals surface area contributed by atoms with Gasteiger partial charge in [0.05, 0.1) is 0 Å². The Morgan fingerprint density at radius 1 is 1.11 bits per heavy atom. The van der Waals surface area contributed by atoms with Gasteiger partial charge in [-0.3, -0.25) is 4.79 Å². The molecule has 6 heteroatoms. The molecule has 18 heavy (non-hydrogen) atoms. The van der Waals surface area contributed by atoms with E-state index in [0.717, 1.165) is 0 Å². The van der Waals surface area contributed by atoms with Crippen LogP contribution >= 0.6 is 0 Å². The Bertz CT molecular complexity index is 295. The van der Waals surface area contributed by atoms with E-state index < -0.39 is 11.7 Å². The second-order valence-electron chi connectivity index (χ2n) is 5.88. The van der Waals surface area contributed by atoms with Crippen molar-refractivity contribution in [2.75, 3.05) is 13.1 Å². The van der Waals surface area contributed by atoms with Gasteiger partial charge in [0.2, 0.25) is 5.91 Å². The van der Waals surface area contributed by atoms with Crippen LogP contribution in [0.1, 0.15) is 41.0 Å². The van der Waals surface area contributed by atoms with Crippen molar-refractivity contribution in [3.8, 4) is 0 Å². The van der Waals surface area contributed by atoms with Gasteiger partial charge in [-0.05, 0) is 34.6 Å². The number of carbonyl (C=O) groups excluding carboxylic acids is 2. The van der Waals surface area contributed by atoms with E-state index in [0.29, 0.717) is 13.1 Å². The summed E-state index contributed by atoms with van der Waals surface area (Å²) in [6, 6.07) is 0. The summed E-state index contributed by atoms with van der Waals surface area (Å²) in [4.78, 5) is 22.1. The van der Waals surface area contributed by atoms with Crippen molar-refractivity contribution in [3.63, 3.8) is 0 Å². The molecular formula is C12H25N3O3. The number of hydrogen-bond acceptors (Lipinski definition) is 4. The maximum atomic E-state index is 11.3. The fraction of sp³-hybridized carbons (Fsp3) is 0.833. The Labute approximate surface area is 109 Å². The van der Waals surface area contributed by atoms with E-state index in [1.165, 1.54) is 0 Å². The zero-order valence-corrected chi connectivity index (χ0v) is 11.9. The monoisotopic (exact) mass is 259 g/mol. The first-order valence-corrected chi connectivity index (χ1v) is 6.02. The molecule has 0 aromatic rings. The van der Waals surface area contributed by atoms with Gasteiger partial charge in [-0.1, -0.05) is 0 Å². The van der Waals surface area contributed by atoms with Gasteiger partial charge in [0.25, 0.3) is 0 Å². The second kappa shape index (κ2) is 6.58. The van der Waals surface area contributed by atoms with Gasteiger partial charge in [-0.25, -0.2) is 4.79 Å². The molecule has 0 fully saturated rings. The molecule has 0 rings (SSSR count). The number of amides is 2. The lowest BCUT2D eigenvalue weighted by Crippen LogP contribution is -2.46. The lowest BCUT2D eigenvalue weighted by atomic mass is 10.0. The van der Waals surface area contributed by atoms with Crippen molar-refractivity contribution in [2.24, 2.45) is 5.73 Å². The molecule has 0 aliphatic carbocycles. The molecule has 2 amide bonds. The first-order valence-electron chi connectivity index (χ1n) is 6.02. The summed E-state index contributed by atoms with van der Waals surface area (Å²) >= 11 is 0. The lowest BCUT2D eigenvalue weighted by molar-refractivity contribution is -0.119. The quantitative estimate of drug-likeness (QED) is 0.614. The van der Waals surface area contributed by atoms with Crippen LogP contribution in [0.15, 0.2) is 0 Å². The molecule has 0 radical (unpaired) electrons. The van der Waals surface area contributed by atoms with E-state index in [9.17, 15) is 9.59 Å². The summed E-state index contributed by atoms with van der Waals surface area (Å²) in [5.41, 5.74) is 4.26. The Hall–Kier alpha value is -1.30. The number of carbonyl (C=O) groups is 2. The molecule has 0 aliphatic heterocycles. The van der Waals surface area contributed by atoms with Crippen LogP contribution in [0.2, 0.25) is 0 Å². The highest BCUT2D eigenvalue weighted by Gasteiger charge is 2.20. The Morgan fingerprint density at radius 2 is 1.67 bits per heavy atom. The molecule has 0 atom stereocenters. The summed E-state index contributed by atoms with van der Waals surface area (Å²) in [7, 11) is 0. The molecule has 0 saturated carbocycles. The van der Waals surface area contributed by atoms with Crippen LogP contribution < -0.4 is 16.4 Å². The molecule has 0 spiro atoms. The van der Waals surface area contributed by atoms with Crippen molar-refractivity contribution < 1.29 is 14.3 Å². The summed E-state index contributed by atoms with van der Waals surface area (Å²) in [5.74, 6) is -0.354. The third-order valence-electron chi connectivity index (χ3n) is 2.01. The molecule has 106 valence electrons. The van der Waals surface area contributed by atoms with Crippen molar-refractivity contribution in [1.82, 2.24) is 10.6 Å². The number of ether oxygens (including phenoxy) is 1. The van der Waals surface area contributed by atoms with Gasteiger partial charge >= 0.3 is 6.09 Å². The minimum absolute atomic E-state index is 0.249. The van der Waals surface area contributed by atoms with E-state index >= 15 is 0 Å². The number of nitrogens with two attached hydrogens (primary N) is 1. The van der Waals surface area contributed by atoms with Crippen LogP contribution in [0.3, 0.4) is 0 Å². The normalized spacial score (nSPS) is 12.1. The van der Waals surface area contributed by atoms with Gasteiger partial charge in [-0.15, -0.1) is 0 Å². The molecule has 0 heterocycles. The summed E-state index contributed by atoms with van der Waals surface area (Å²) in [6.07, 6.45) is -0.198. The minimum Gasteiger partial charge on any atom is -0.444 e. The van der Waals surface area contributed by atoms with Crippen molar-refractivity contribution in [3.05, 3.63) is 0 Å². The number of primary amides is 1. The lowest BCUT2D eigenvalue weighted by Gasteiger charge is -2.25. The SMILES string of the molecule is CC(C)(CC(N)=O)NCCNC(=O)OC(C)(C)C. The smallest absolute Gasteiger partial charge is 0.407 e. The van der Waals surface area contributed by atoms with Gasteiger partial charge in [0.15, 0.2) is 0 Å². The third kappa shape index (κ3) is 9.89. The van der Waals surface area contributed by atoms with Crippen LogP contribution in [0.25, 0.3) is 0 Å². The standard InChI is InChI=1S/C12H25N3O3/c1-11(2,3)18-10(17)14-6-7-15-12(4,5)8-9(13)16/h15H,6-8H2,1-5H3,(H2,13,16)(H,14,17).